The average Bonchev–Trinajstić information content (AvgIpc) is 3.20. The van der Waals surface area contributed by atoms with Gasteiger partial charge in [0, 0.05) is 29.1 Å². The van der Waals surface area contributed by atoms with Gasteiger partial charge < -0.3 is 14.5 Å². The van der Waals surface area contributed by atoms with E-state index < -0.39 is 0 Å². The molecular formula is C22H19N3O2. The van der Waals surface area contributed by atoms with Crippen LogP contribution in [0.15, 0.2) is 73.1 Å². The SMILES string of the molecule is COc1ccc(-c2nc(-c3ccncc3)[nH]c2-c2ccc(OC)cc2)cc1. The van der Waals surface area contributed by atoms with E-state index in [-0.39, 0.29) is 0 Å². The second-order valence-electron chi connectivity index (χ2n) is 6.00. The van der Waals surface area contributed by atoms with Gasteiger partial charge in [-0.3, -0.25) is 4.98 Å². The van der Waals surface area contributed by atoms with Crippen molar-refractivity contribution in [3.05, 3.63) is 73.1 Å². The minimum atomic E-state index is 0.800. The van der Waals surface area contributed by atoms with E-state index in [4.69, 9.17) is 14.5 Å². The predicted octanol–water partition coefficient (Wildman–Crippen LogP) is 4.82. The van der Waals surface area contributed by atoms with E-state index in [1.807, 2.05) is 60.7 Å². The van der Waals surface area contributed by atoms with Gasteiger partial charge in [0.05, 0.1) is 25.6 Å². The largest absolute Gasteiger partial charge is 0.497 e. The van der Waals surface area contributed by atoms with Crippen LogP contribution >= 0.6 is 0 Å². The molecule has 5 nitrogen and oxygen atoms in total. The number of hydrogen-bond donors (Lipinski definition) is 1. The maximum atomic E-state index is 5.27. The monoisotopic (exact) mass is 357 g/mol. The molecule has 2 heterocycles. The number of hydrogen-bond acceptors (Lipinski definition) is 4. The lowest BCUT2D eigenvalue weighted by atomic mass is 10.0. The van der Waals surface area contributed by atoms with Gasteiger partial charge >= 0.3 is 0 Å². The molecule has 0 radical (unpaired) electrons. The van der Waals surface area contributed by atoms with Crippen LogP contribution in [0.4, 0.5) is 0 Å². The third kappa shape index (κ3) is 3.40. The number of benzene rings is 2. The summed E-state index contributed by atoms with van der Waals surface area (Å²) in [5.41, 5.74) is 4.87. The minimum Gasteiger partial charge on any atom is -0.497 e. The standard InChI is InChI=1S/C22H19N3O2/c1-26-18-7-3-15(4-8-18)20-21(16-5-9-19(27-2)10-6-16)25-22(24-20)17-11-13-23-14-12-17/h3-14H,1-2H3,(H,24,25). The number of nitrogens with one attached hydrogen (secondary N) is 1. The zero-order valence-electron chi connectivity index (χ0n) is 15.1. The van der Waals surface area contributed by atoms with Crippen LogP contribution in [0.25, 0.3) is 33.9 Å². The lowest BCUT2D eigenvalue weighted by molar-refractivity contribution is 0.414. The highest BCUT2D eigenvalue weighted by atomic mass is 16.5. The van der Waals surface area contributed by atoms with Crippen molar-refractivity contribution in [2.24, 2.45) is 0 Å². The van der Waals surface area contributed by atoms with Crippen LogP contribution < -0.4 is 9.47 Å². The third-order valence-electron chi connectivity index (χ3n) is 4.40. The van der Waals surface area contributed by atoms with Gasteiger partial charge in [-0.25, -0.2) is 4.98 Å². The zero-order valence-corrected chi connectivity index (χ0v) is 15.1. The molecule has 0 spiro atoms. The fourth-order valence-corrected chi connectivity index (χ4v) is 2.94. The lowest BCUT2D eigenvalue weighted by Crippen LogP contribution is -1.87. The number of rotatable bonds is 5. The summed E-state index contributed by atoms with van der Waals surface area (Å²) in [5, 5.41) is 0. The predicted molar refractivity (Wildman–Crippen MR) is 106 cm³/mol. The van der Waals surface area contributed by atoms with Gasteiger partial charge in [0.25, 0.3) is 0 Å². The molecule has 1 N–H and O–H groups in total. The summed E-state index contributed by atoms with van der Waals surface area (Å²) >= 11 is 0. The van der Waals surface area contributed by atoms with E-state index in [9.17, 15) is 0 Å². The summed E-state index contributed by atoms with van der Waals surface area (Å²) in [6.07, 6.45) is 3.52. The van der Waals surface area contributed by atoms with Gasteiger partial charge in [0.1, 0.15) is 17.3 Å². The lowest BCUT2D eigenvalue weighted by Gasteiger charge is -2.06. The highest BCUT2D eigenvalue weighted by molar-refractivity contribution is 5.81. The summed E-state index contributed by atoms with van der Waals surface area (Å²) in [5.74, 6) is 2.43. The molecule has 0 aliphatic carbocycles. The highest BCUT2D eigenvalue weighted by Crippen LogP contribution is 2.34. The number of aromatic amines is 1. The van der Waals surface area contributed by atoms with E-state index in [1.165, 1.54) is 0 Å². The summed E-state index contributed by atoms with van der Waals surface area (Å²) in [6, 6.07) is 19.7. The number of pyridine rings is 1. The van der Waals surface area contributed by atoms with Crippen molar-refractivity contribution in [3.63, 3.8) is 0 Å². The Hall–Kier alpha value is -3.60. The Balaban J connectivity index is 1.85. The van der Waals surface area contributed by atoms with Gasteiger partial charge in [-0.1, -0.05) is 0 Å². The smallest absolute Gasteiger partial charge is 0.138 e. The van der Waals surface area contributed by atoms with E-state index in [0.29, 0.717) is 0 Å². The fraction of sp³-hybridized carbons (Fsp3) is 0.0909. The number of nitrogens with zero attached hydrogens (tertiary/aromatic N) is 2. The van der Waals surface area contributed by atoms with E-state index in [2.05, 4.69) is 9.97 Å². The van der Waals surface area contributed by atoms with Crippen LogP contribution in [0.3, 0.4) is 0 Å². The molecule has 0 fully saturated rings. The zero-order chi connectivity index (χ0) is 18.6. The molecule has 0 saturated carbocycles. The number of methoxy groups -OCH3 is 2. The van der Waals surface area contributed by atoms with Crippen molar-refractivity contribution in [1.82, 2.24) is 15.0 Å². The highest BCUT2D eigenvalue weighted by Gasteiger charge is 2.15. The van der Waals surface area contributed by atoms with E-state index in [1.54, 1.807) is 26.6 Å². The summed E-state index contributed by atoms with van der Waals surface area (Å²) in [4.78, 5) is 12.4. The first kappa shape index (κ1) is 16.8. The topological polar surface area (TPSA) is 60.0 Å². The van der Waals surface area contributed by atoms with Crippen LogP contribution in [0.2, 0.25) is 0 Å². The molecule has 2 aromatic carbocycles. The molecule has 4 aromatic rings. The van der Waals surface area contributed by atoms with Crippen molar-refractivity contribution in [1.29, 1.82) is 0 Å². The van der Waals surface area contributed by atoms with Crippen LogP contribution in [-0.4, -0.2) is 29.2 Å². The molecule has 0 saturated heterocycles. The number of imidazole rings is 1. The van der Waals surface area contributed by atoms with E-state index in [0.717, 1.165) is 45.4 Å². The quantitative estimate of drug-likeness (QED) is 0.556. The van der Waals surface area contributed by atoms with Crippen molar-refractivity contribution in [3.8, 4) is 45.4 Å². The molecule has 0 amide bonds. The van der Waals surface area contributed by atoms with E-state index >= 15 is 0 Å². The molecule has 2 aromatic heterocycles. The van der Waals surface area contributed by atoms with Crippen LogP contribution in [0.5, 0.6) is 11.5 Å². The number of H-pyrrole nitrogens is 1. The Morgan fingerprint density at radius 3 is 1.78 bits per heavy atom. The first-order valence-corrected chi connectivity index (χ1v) is 8.58. The second kappa shape index (κ2) is 7.33. The Bertz CT molecular complexity index is 959. The van der Waals surface area contributed by atoms with Crippen molar-refractivity contribution >= 4 is 0 Å². The van der Waals surface area contributed by atoms with Gasteiger partial charge in [0.2, 0.25) is 0 Å². The van der Waals surface area contributed by atoms with Crippen LogP contribution in [0, 0.1) is 0 Å². The molecule has 0 bridgehead atoms. The molecule has 0 unspecified atom stereocenters. The summed E-state index contributed by atoms with van der Waals surface area (Å²) < 4.78 is 10.5. The Morgan fingerprint density at radius 2 is 1.22 bits per heavy atom. The Kier molecular flexibility index (Phi) is 4.58. The molecule has 0 aliphatic heterocycles. The summed E-state index contributed by atoms with van der Waals surface area (Å²) in [7, 11) is 3.32. The first-order chi connectivity index (χ1) is 13.3. The van der Waals surface area contributed by atoms with Gasteiger partial charge in [0.15, 0.2) is 0 Å². The maximum absolute atomic E-state index is 5.27. The molecule has 134 valence electrons. The third-order valence-corrected chi connectivity index (χ3v) is 4.40. The van der Waals surface area contributed by atoms with Crippen molar-refractivity contribution in [2.75, 3.05) is 14.2 Å². The number of aromatic nitrogens is 3. The van der Waals surface area contributed by atoms with Crippen LogP contribution in [0.1, 0.15) is 0 Å². The Labute approximate surface area is 157 Å². The van der Waals surface area contributed by atoms with Crippen LogP contribution in [-0.2, 0) is 0 Å². The molecule has 5 heteroatoms. The first-order valence-electron chi connectivity index (χ1n) is 8.58. The molecule has 0 atom stereocenters. The Morgan fingerprint density at radius 1 is 0.667 bits per heavy atom. The molecular weight excluding hydrogens is 338 g/mol. The second-order valence-corrected chi connectivity index (χ2v) is 6.00. The van der Waals surface area contributed by atoms with Crippen molar-refractivity contribution < 1.29 is 9.47 Å². The maximum Gasteiger partial charge on any atom is 0.138 e. The fourth-order valence-electron chi connectivity index (χ4n) is 2.94. The normalized spacial score (nSPS) is 10.6. The van der Waals surface area contributed by atoms with Crippen molar-refractivity contribution in [2.45, 2.75) is 0 Å². The molecule has 27 heavy (non-hydrogen) atoms. The van der Waals surface area contributed by atoms with Gasteiger partial charge in [-0.05, 0) is 60.7 Å². The van der Waals surface area contributed by atoms with Gasteiger partial charge in [-0.2, -0.15) is 0 Å². The minimum absolute atomic E-state index is 0.800. The number of ether oxygens (including phenoxy) is 2. The molecule has 0 aliphatic rings. The average molecular weight is 357 g/mol. The molecule has 4 rings (SSSR count). The summed E-state index contributed by atoms with van der Waals surface area (Å²) in [6.45, 7) is 0. The van der Waals surface area contributed by atoms with Gasteiger partial charge in [-0.15, -0.1) is 0 Å².